The van der Waals surface area contributed by atoms with Gasteiger partial charge >= 0.3 is 0 Å². The van der Waals surface area contributed by atoms with Gasteiger partial charge in [-0.05, 0) is 12.5 Å². The lowest BCUT2D eigenvalue weighted by molar-refractivity contribution is 0.324. The molecule has 24 heavy (non-hydrogen) atoms. The maximum Gasteiger partial charge on any atom is 0.267 e. The van der Waals surface area contributed by atoms with Crippen LogP contribution in [0.5, 0.6) is 0 Å². The number of sulfone groups is 1. The van der Waals surface area contributed by atoms with Gasteiger partial charge in [-0.25, -0.2) is 30.7 Å². The van der Waals surface area contributed by atoms with E-state index in [4.69, 9.17) is 0 Å². The topological polar surface area (TPSA) is 64.8 Å². The summed E-state index contributed by atoms with van der Waals surface area (Å²) in [7, 11) is -4.09. The maximum atomic E-state index is 14.2. The quantitative estimate of drug-likeness (QED) is 0.788. The molecule has 0 spiro atoms. The molecule has 0 amide bonds. The van der Waals surface area contributed by atoms with E-state index in [9.17, 15) is 26.0 Å². The summed E-state index contributed by atoms with van der Waals surface area (Å²) in [5.41, 5.74) is -0.139. The number of fused-ring (bicyclic) bond motifs is 1. The van der Waals surface area contributed by atoms with Crippen molar-refractivity contribution >= 4 is 9.84 Å². The molecule has 2 aromatic rings. The second-order valence-electron chi connectivity index (χ2n) is 5.89. The Kier molecular flexibility index (Phi) is 3.25. The zero-order valence-corrected chi connectivity index (χ0v) is 12.9. The summed E-state index contributed by atoms with van der Waals surface area (Å²) >= 11 is 0. The van der Waals surface area contributed by atoms with Crippen molar-refractivity contribution in [2.24, 2.45) is 0 Å². The molecule has 0 unspecified atom stereocenters. The van der Waals surface area contributed by atoms with Gasteiger partial charge in [0.15, 0.2) is 23.6 Å². The zero-order chi connectivity index (χ0) is 17.2. The normalized spacial score (nSPS) is 28.8. The Morgan fingerprint density at radius 1 is 1.17 bits per heavy atom. The van der Waals surface area contributed by atoms with Crippen molar-refractivity contribution in [1.29, 1.82) is 0 Å². The number of aromatic nitrogens is 3. The lowest BCUT2D eigenvalue weighted by Gasteiger charge is -2.13. The summed E-state index contributed by atoms with van der Waals surface area (Å²) in [4.78, 5) is 3.67. The van der Waals surface area contributed by atoms with Gasteiger partial charge in [0, 0.05) is 12.0 Å². The molecule has 128 valence electrons. The van der Waals surface area contributed by atoms with Gasteiger partial charge in [0.25, 0.3) is 5.16 Å². The Balaban J connectivity index is 1.78. The molecule has 5 nitrogen and oxygen atoms in total. The molecule has 1 fully saturated rings. The molecule has 1 saturated carbocycles. The van der Waals surface area contributed by atoms with Gasteiger partial charge in [0.05, 0.1) is 6.04 Å². The van der Waals surface area contributed by atoms with E-state index in [-0.39, 0.29) is 24.2 Å². The third-order valence-electron chi connectivity index (χ3n) is 4.30. The molecule has 0 saturated heterocycles. The minimum absolute atomic E-state index is 0.139. The first kappa shape index (κ1) is 15.6. The molecule has 0 radical (unpaired) electrons. The van der Waals surface area contributed by atoms with Crippen molar-refractivity contribution in [1.82, 2.24) is 14.8 Å². The summed E-state index contributed by atoms with van der Waals surface area (Å²) in [6.07, 6.45) is -3.53. The number of rotatable bonds is 3. The molecule has 10 heteroatoms. The standard InChI is InChI=1S/C14H11F4N3O2S/c15-7-3-1-2-6(12(7)18)10-4-9(17)13-19-14(20-21(10)13)24(22,23)11-5-8(11)16/h1-3,8-11H,4-5H2/t8-,9-,10-,11-/m0/s1. The van der Waals surface area contributed by atoms with E-state index in [1.54, 1.807) is 0 Å². The molecule has 1 aliphatic heterocycles. The lowest BCUT2D eigenvalue weighted by atomic mass is 10.0. The van der Waals surface area contributed by atoms with Gasteiger partial charge in [-0.3, -0.25) is 0 Å². The monoisotopic (exact) mass is 361 g/mol. The third kappa shape index (κ3) is 2.15. The SMILES string of the molecule is O=S(=O)(c1nc2n(n1)[C@H](c1cccc(F)c1F)C[C@@H]2F)[C@H]1C[C@@H]1F. The van der Waals surface area contributed by atoms with E-state index in [0.29, 0.717) is 0 Å². The van der Waals surface area contributed by atoms with Crippen LogP contribution in [0.3, 0.4) is 0 Å². The zero-order valence-electron chi connectivity index (χ0n) is 12.0. The van der Waals surface area contributed by atoms with Crippen molar-refractivity contribution in [3.8, 4) is 0 Å². The number of hydrogen-bond acceptors (Lipinski definition) is 4. The second kappa shape index (κ2) is 5.01. The van der Waals surface area contributed by atoms with Gasteiger partial charge in [-0.2, -0.15) is 4.98 Å². The van der Waals surface area contributed by atoms with E-state index in [1.807, 2.05) is 0 Å². The molecule has 1 aliphatic carbocycles. The van der Waals surface area contributed by atoms with Crippen LogP contribution in [0.1, 0.15) is 36.4 Å². The first-order valence-corrected chi connectivity index (χ1v) is 8.77. The largest absolute Gasteiger partial charge is 0.267 e. The minimum Gasteiger partial charge on any atom is -0.246 e. The van der Waals surface area contributed by atoms with Gasteiger partial charge in [0.1, 0.15) is 11.4 Å². The Morgan fingerprint density at radius 2 is 1.88 bits per heavy atom. The maximum absolute atomic E-state index is 14.2. The van der Waals surface area contributed by atoms with Crippen LogP contribution in [0.25, 0.3) is 0 Å². The van der Waals surface area contributed by atoms with E-state index < -0.39 is 50.3 Å². The first-order valence-electron chi connectivity index (χ1n) is 7.23. The highest BCUT2D eigenvalue weighted by Crippen LogP contribution is 2.42. The second-order valence-corrected chi connectivity index (χ2v) is 7.96. The molecule has 1 aromatic carbocycles. The van der Waals surface area contributed by atoms with Crippen molar-refractivity contribution in [3.63, 3.8) is 0 Å². The average molecular weight is 361 g/mol. The smallest absolute Gasteiger partial charge is 0.246 e. The lowest BCUT2D eigenvalue weighted by Crippen LogP contribution is -2.15. The Hall–Kier alpha value is -1.97. The molecular weight excluding hydrogens is 350 g/mol. The molecule has 1 aromatic heterocycles. The van der Waals surface area contributed by atoms with Crippen molar-refractivity contribution in [3.05, 3.63) is 41.2 Å². The molecule has 4 atom stereocenters. The Bertz CT molecular complexity index is 930. The number of hydrogen-bond donors (Lipinski definition) is 0. The predicted octanol–water partition coefficient (Wildman–Crippen LogP) is 2.44. The minimum atomic E-state index is -4.09. The van der Waals surface area contributed by atoms with Crippen molar-refractivity contribution < 1.29 is 26.0 Å². The summed E-state index contributed by atoms with van der Waals surface area (Å²) in [5, 5.41) is 1.87. The van der Waals surface area contributed by atoms with Crippen LogP contribution < -0.4 is 0 Å². The van der Waals surface area contributed by atoms with E-state index in [1.165, 1.54) is 12.1 Å². The third-order valence-corrected chi connectivity index (χ3v) is 6.26. The summed E-state index contributed by atoms with van der Waals surface area (Å²) < 4.78 is 79.9. The van der Waals surface area contributed by atoms with Crippen molar-refractivity contribution in [2.45, 2.75) is 41.6 Å². The summed E-state index contributed by atoms with van der Waals surface area (Å²) in [6.45, 7) is 0. The number of halogens is 4. The van der Waals surface area contributed by atoms with Crippen LogP contribution >= 0.6 is 0 Å². The Morgan fingerprint density at radius 3 is 2.54 bits per heavy atom. The fraction of sp³-hybridized carbons (Fsp3) is 0.429. The number of alkyl halides is 2. The van der Waals surface area contributed by atoms with Gasteiger partial charge < -0.3 is 0 Å². The fourth-order valence-corrected chi connectivity index (χ4v) is 4.44. The molecule has 2 aliphatic rings. The van der Waals surface area contributed by atoms with E-state index in [0.717, 1.165) is 10.7 Å². The highest BCUT2D eigenvalue weighted by atomic mass is 32.2. The van der Waals surface area contributed by atoms with Crippen LogP contribution in [0.15, 0.2) is 23.4 Å². The molecular formula is C14H11F4N3O2S. The van der Waals surface area contributed by atoms with Crippen LogP contribution in [-0.2, 0) is 9.84 Å². The number of nitrogens with zero attached hydrogens (tertiary/aromatic N) is 3. The van der Waals surface area contributed by atoms with Gasteiger partial charge in [0.2, 0.25) is 9.84 Å². The fourth-order valence-electron chi connectivity index (χ4n) is 2.92. The van der Waals surface area contributed by atoms with Crippen LogP contribution in [-0.4, -0.2) is 34.6 Å². The molecule has 4 rings (SSSR count). The van der Waals surface area contributed by atoms with E-state index in [2.05, 4.69) is 10.1 Å². The van der Waals surface area contributed by atoms with Gasteiger partial charge in [-0.15, -0.1) is 5.10 Å². The number of benzene rings is 1. The van der Waals surface area contributed by atoms with Crippen LogP contribution in [0.4, 0.5) is 17.6 Å². The average Bonchev–Trinajstić information content (AvgIpc) is 2.99. The Labute approximate surface area is 134 Å². The summed E-state index contributed by atoms with van der Waals surface area (Å²) in [5.74, 6) is -2.52. The van der Waals surface area contributed by atoms with Crippen LogP contribution in [0.2, 0.25) is 0 Å². The van der Waals surface area contributed by atoms with E-state index >= 15 is 0 Å². The first-order chi connectivity index (χ1) is 11.3. The molecule has 2 heterocycles. The summed E-state index contributed by atoms with van der Waals surface area (Å²) in [6, 6.07) is 2.46. The highest BCUT2D eigenvalue weighted by Gasteiger charge is 2.51. The highest BCUT2D eigenvalue weighted by molar-refractivity contribution is 7.92. The molecule has 0 bridgehead atoms. The van der Waals surface area contributed by atoms with Crippen molar-refractivity contribution in [2.75, 3.05) is 0 Å². The predicted molar refractivity (Wildman–Crippen MR) is 73.5 cm³/mol. The van der Waals surface area contributed by atoms with Crippen LogP contribution in [0, 0.1) is 11.6 Å². The van der Waals surface area contributed by atoms with Gasteiger partial charge in [-0.1, -0.05) is 12.1 Å². The molecule has 0 N–H and O–H groups in total.